The second kappa shape index (κ2) is 7.57. The summed E-state index contributed by atoms with van der Waals surface area (Å²) in [5, 5.41) is 0. The van der Waals surface area contributed by atoms with Gasteiger partial charge in [0.2, 0.25) is 0 Å². The molecule has 1 saturated heterocycles. The summed E-state index contributed by atoms with van der Waals surface area (Å²) in [6.07, 6.45) is 0.743. The molecule has 2 rings (SSSR count). The van der Waals surface area contributed by atoms with Crippen LogP contribution in [0.3, 0.4) is 0 Å². The van der Waals surface area contributed by atoms with E-state index in [9.17, 15) is 18.0 Å². The minimum absolute atomic E-state index is 0.212. The van der Waals surface area contributed by atoms with Crippen LogP contribution in [0.2, 0.25) is 0 Å². The van der Waals surface area contributed by atoms with Crippen LogP contribution in [-0.4, -0.2) is 23.7 Å². The molecule has 0 atom stereocenters. The molecule has 1 aliphatic heterocycles. The van der Waals surface area contributed by atoms with E-state index in [1.165, 1.54) is 29.8 Å². The van der Waals surface area contributed by atoms with Gasteiger partial charge >= 0.3 is 6.36 Å². The van der Waals surface area contributed by atoms with Crippen LogP contribution in [0, 0.1) is 0 Å². The average molecular weight is 358 g/mol. The fraction of sp³-hybridized carbons (Fsp3) is 0.235. The Kier molecular flexibility index (Phi) is 5.72. The maximum atomic E-state index is 12.3. The number of carbonyl (C=O) groups is 1. The number of alkyl halides is 3. The zero-order chi connectivity index (χ0) is 17.7. The fourth-order valence-corrected chi connectivity index (χ4v) is 2.52. The van der Waals surface area contributed by atoms with E-state index in [4.69, 9.17) is 11.6 Å². The highest BCUT2D eigenvalue weighted by Gasteiger charge is 2.31. The summed E-state index contributed by atoms with van der Waals surface area (Å²) in [6.45, 7) is 2.52. The summed E-state index contributed by atoms with van der Waals surface area (Å²) in [7, 11) is 0. The molecule has 1 amide bonds. The third-order valence-electron chi connectivity index (χ3n) is 3.35. The van der Waals surface area contributed by atoms with Crippen LogP contribution in [0.1, 0.15) is 12.5 Å². The number of hydrogen-bond donors (Lipinski definition) is 0. The van der Waals surface area contributed by atoms with Crippen molar-refractivity contribution in [3.8, 4) is 5.75 Å². The van der Waals surface area contributed by atoms with Crippen molar-refractivity contribution in [2.75, 3.05) is 6.54 Å². The number of carbonyl (C=O) groups excluding carboxylic acids is 1. The minimum atomic E-state index is -4.72. The van der Waals surface area contributed by atoms with Crippen molar-refractivity contribution in [1.29, 1.82) is 0 Å². The molecule has 1 aromatic rings. The molecule has 0 bridgehead atoms. The van der Waals surface area contributed by atoms with Crippen LogP contribution >= 0.6 is 11.6 Å². The molecular formula is C17H15ClF3NO2. The van der Waals surface area contributed by atoms with Crippen molar-refractivity contribution in [3.63, 3.8) is 0 Å². The molecule has 3 nitrogen and oxygen atoms in total. The molecule has 24 heavy (non-hydrogen) atoms. The summed E-state index contributed by atoms with van der Waals surface area (Å²) in [5.74, 6) is -0.509. The predicted molar refractivity (Wildman–Crippen MR) is 85.4 cm³/mol. The lowest BCUT2D eigenvalue weighted by Gasteiger charge is -2.15. The fourth-order valence-electron chi connectivity index (χ4n) is 2.29. The number of benzene rings is 1. The number of amides is 1. The average Bonchev–Trinajstić information content (AvgIpc) is 2.81. The summed E-state index contributed by atoms with van der Waals surface area (Å²) in [5.41, 5.74) is 3.16. The van der Waals surface area contributed by atoms with E-state index in [1.54, 1.807) is 4.90 Å². The first-order valence-electron chi connectivity index (χ1n) is 7.10. The van der Waals surface area contributed by atoms with E-state index in [1.807, 2.05) is 25.2 Å². The van der Waals surface area contributed by atoms with Gasteiger partial charge < -0.3 is 9.64 Å². The lowest BCUT2D eigenvalue weighted by atomic mass is 10.1. The molecule has 0 unspecified atom stereocenters. The van der Waals surface area contributed by atoms with Gasteiger partial charge in [0, 0.05) is 18.6 Å². The van der Waals surface area contributed by atoms with Crippen LogP contribution < -0.4 is 4.74 Å². The lowest BCUT2D eigenvalue weighted by molar-refractivity contribution is -0.274. The Morgan fingerprint density at radius 1 is 1.29 bits per heavy atom. The van der Waals surface area contributed by atoms with E-state index < -0.39 is 6.36 Å². The zero-order valence-corrected chi connectivity index (χ0v) is 13.6. The van der Waals surface area contributed by atoms with Gasteiger partial charge in [0.25, 0.3) is 5.91 Å². The molecule has 1 heterocycles. The Morgan fingerprint density at radius 3 is 2.50 bits per heavy atom. The van der Waals surface area contributed by atoms with Crippen LogP contribution in [0.15, 0.2) is 59.2 Å². The van der Waals surface area contributed by atoms with Gasteiger partial charge in [-0.25, -0.2) is 0 Å². The Balaban J connectivity index is 2.10. The maximum Gasteiger partial charge on any atom is 0.573 e. The largest absolute Gasteiger partial charge is 0.573 e. The van der Waals surface area contributed by atoms with Gasteiger partial charge in [0.1, 0.15) is 5.75 Å². The third kappa shape index (κ3) is 4.64. The molecule has 0 saturated carbocycles. The van der Waals surface area contributed by atoms with Crippen molar-refractivity contribution in [2.24, 2.45) is 0 Å². The van der Waals surface area contributed by atoms with E-state index >= 15 is 0 Å². The Bertz CT molecular complexity index is 691. The first-order chi connectivity index (χ1) is 11.3. The van der Waals surface area contributed by atoms with Crippen LogP contribution in [0.5, 0.6) is 5.75 Å². The monoisotopic (exact) mass is 357 g/mol. The summed E-state index contributed by atoms with van der Waals surface area (Å²) in [4.78, 5) is 13.9. The van der Waals surface area contributed by atoms with E-state index in [2.05, 4.69) is 4.74 Å². The topological polar surface area (TPSA) is 29.5 Å². The summed E-state index contributed by atoms with van der Waals surface area (Å²) >= 11 is 5.73. The van der Waals surface area contributed by atoms with Gasteiger partial charge in [-0.15, -0.1) is 13.2 Å². The molecule has 128 valence electrons. The quantitative estimate of drug-likeness (QED) is 0.740. The molecular weight excluding hydrogens is 343 g/mol. The Labute approximate surface area is 142 Å². The molecule has 1 aromatic carbocycles. The molecule has 0 aliphatic carbocycles. The number of nitrogens with zero attached hydrogens (tertiary/aromatic N) is 1. The third-order valence-corrected chi connectivity index (χ3v) is 3.57. The van der Waals surface area contributed by atoms with Crippen molar-refractivity contribution >= 4 is 17.5 Å². The smallest absolute Gasteiger partial charge is 0.406 e. The van der Waals surface area contributed by atoms with E-state index in [-0.39, 0.29) is 18.2 Å². The van der Waals surface area contributed by atoms with Gasteiger partial charge in [-0.2, -0.15) is 0 Å². The molecule has 1 aliphatic rings. The molecule has 0 aromatic heterocycles. The molecule has 7 heteroatoms. The lowest BCUT2D eigenvalue weighted by Crippen LogP contribution is -2.24. The van der Waals surface area contributed by atoms with Crippen LogP contribution in [0.25, 0.3) is 0 Å². The van der Waals surface area contributed by atoms with E-state index in [0.717, 1.165) is 5.57 Å². The Morgan fingerprint density at radius 2 is 1.96 bits per heavy atom. The number of likely N-dealkylation sites (tertiary alicyclic amines) is 1. The zero-order valence-electron chi connectivity index (χ0n) is 12.8. The summed E-state index contributed by atoms with van der Waals surface area (Å²) < 4.78 is 40.2. The highest BCUT2D eigenvalue weighted by atomic mass is 35.5. The van der Waals surface area contributed by atoms with Crippen molar-refractivity contribution < 1.29 is 22.7 Å². The number of rotatable bonds is 4. The highest BCUT2D eigenvalue weighted by Crippen LogP contribution is 2.27. The molecule has 1 fully saturated rings. The first-order valence-corrected chi connectivity index (χ1v) is 7.54. The molecule has 0 N–H and O–H groups in total. The Hall–Kier alpha value is -2.21. The van der Waals surface area contributed by atoms with Crippen molar-refractivity contribution in [2.45, 2.75) is 19.8 Å². The van der Waals surface area contributed by atoms with Gasteiger partial charge in [0.15, 0.2) is 0 Å². The highest BCUT2D eigenvalue weighted by molar-refractivity contribution is 6.28. The van der Waals surface area contributed by atoms with Crippen LogP contribution in [-0.2, 0) is 11.3 Å². The van der Waals surface area contributed by atoms with Crippen molar-refractivity contribution in [1.82, 2.24) is 4.90 Å². The number of halogens is 4. The number of hydrogen-bond acceptors (Lipinski definition) is 2. The predicted octanol–water partition coefficient (Wildman–Crippen LogP) is 4.55. The van der Waals surface area contributed by atoms with Gasteiger partial charge in [-0.05, 0) is 30.2 Å². The second-order valence-corrected chi connectivity index (χ2v) is 5.31. The summed E-state index contributed by atoms with van der Waals surface area (Å²) in [6, 6.07) is 5.43. The standard InChI is InChI=1S/C17H15ClF3NO2/c1-2-3-4-13-11-22(16(23)15(13)9-18)10-12-5-7-14(8-6-12)24-17(19,20)21/h2-9H,10-11H2,1H3/b3-2-,13-4-,15-9-. The van der Waals surface area contributed by atoms with Gasteiger partial charge in [-0.3, -0.25) is 4.79 Å². The molecule has 0 spiro atoms. The van der Waals surface area contributed by atoms with Gasteiger partial charge in [-0.1, -0.05) is 42.0 Å². The van der Waals surface area contributed by atoms with Crippen molar-refractivity contribution in [3.05, 3.63) is 64.7 Å². The second-order valence-electron chi connectivity index (χ2n) is 5.09. The van der Waals surface area contributed by atoms with Gasteiger partial charge in [0.05, 0.1) is 5.57 Å². The first kappa shape index (κ1) is 18.1. The normalized spacial score (nSPS) is 19.0. The van der Waals surface area contributed by atoms with Crippen LogP contribution in [0.4, 0.5) is 13.2 Å². The maximum absolute atomic E-state index is 12.3. The van der Waals surface area contributed by atoms with E-state index in [0.29, 0.717) is 17.7 Å². The number of ether oxygens (including phenoxy) is 1. The minimum Gasteiger partial charge on any atom is -0.406 e. The SMILES string of the molecule is C\C=C/C=C1/CN(Cc2ccc(OC(F)(F)F)cc2)C(=O)/C1=C\Cl. The number of allylic oxidation sites excluding steroid dienone is 3. The molecule has 0 radical (unpaired) electrons.